The number of anilines is 1. The molecule has 8 nitrogen and oxygen atoms in total. The summed E-state index contributed by atoms with van der Waals surface area (Å²) in [5.41, 5.74) is 1.86. The summed E-state index contributed by atoms with van der Waals surface area (Å²) >= 11 is 6.46. The van der Waals surface area contributed by atoms with E-state index in [4.69, 9.17) is 21.1 Å². The average molecular weight is 488 g/mol. The average Bonchev–Trinajstić information content (AvgIpc) is 2.93. The van der Waals surface area contributed by atoms with Crippen LogP contribution in [0.3, 0.4) is 0 Å². The number of ether oxygens (including phenoxy) is 2. The first-order chi connectivity index (χ1) is 16.2. The molecular formula is C25H30ClN3O5. The number of hydrogen-bond acceptors (Lipinski definition) is 5. The molecule has 0 aromatic heterocycles. The predicted octanol–water partition coefficient (Wildman–Crippen LogP) is 4.25. The van der Waals surface area contributed by atoms with E-state index in [0.717, 1.165) is 5.56 Å². The maximum absolute atomic E-state index is 13.6. The second-order valence-electron chi connectivity index (χ2n) is 8.29. The first-order valence-electron chi connectivity index (χ1n) is 11.3. The molecule has 34 heavy (non-hydrogen) atoms. The smallest absolute Gasteiger partial charge is 0.325 e. The molecule has 1 atom stereocenters. The summed E-state index contributed by atoms with van der Waals surface area (Å²) in [7, 11) is 0. The highest BCUT2D eigenvalue weighted by Crippen LogP contribution is 2.31. The van der Waals surface area contributed by atoms with E-state index in [1.807, 2.05) is 45.0 Å². The monoisotopic (exact) mass is 487 g/mol. The quantitative estimate of drug-likeness (QED) is 0.615. The summed E-state index contributed by atoms with van der Waals surface area (Å²) in [6.45, 7) is 7.95. The molecule has 182 valence electrons. The van der Waals surface area contributed by atoms with Crippen molar-refractivity contribution in [1.82, 2.24) is 10.2 Å². The third kappa shape index (κ3) is 5.99. The van der Waals surface area contributed by atoms with Crippen LogP contribution in [0.1, 0.15) is 43.6 Å². The molecule has 0 spiro atoms. The normalized spacial score (nSPS) is 15.4. The van der Waals surface area contributed by atoms with E-state index in [2.05, 4.69) is 5.32 Å². The number of nitrogens with one attached hydrogen (secondary N) is 1. The number of benzene rings is 2. The molecule has 1 aliphatic heterocycles. The minimum Gasteiger partial charge on any atom is -0.491 e. The van der Waals surface area contributed by atoms with Gasteiger partial charge in [-0.2, -0.15) is 0 Å². The van der Waals surface area contributed by atoms with Gasteiger partial charge in [0, 0.05) is 24.8 Å². The molecule has 0 radical (unpaired) electrons. The standard InChI is InChI=1S/C25H30ClN3O5/c1-5-33-23(30)13-27-25(32)28-15-18-8-6-7-9-22(18)29(14-17(28)4)24(31)20-11-10-19(12-21(20)26)34-16(2)3/h6-12,16-17H,5,13-15H2,1-4H3,(H,27,32)/t17-/m1/s1. The summed E-state index contributed by atoms with van der Waals surface area (Å²) in [6.07, 6.45) is -0.0168. The lowest BCUT2D eigenvalue weighted by atomic mass is 10.1. The molecule has 2 aromatic rings. The summed E-state index contributed by atoms with van der Waals surface area (Å²) in [6, 6.07) is 11.7. The molecule has 1 heterocycles. The van der Waals surface area contributed by atoms with E-state index in [0.29, 0.717) is 22.0 Å². The van der Waals surface area contributed by atoms with Gasteiger partial charge in [0.1, 0.15) is 12.3 Å². The number of para-hydroxylation sites is 1. The number of carbonyl (C=O) groups is 3. The molecule has 0 unspecified atom stereocenters. The van der Waals surface area contributed by atoms with Crippen LogP contribution in [0.4, 0.5) is 10.5 Å². The van der Waals surface area contributed by atoms with Crippen LogP contribution in [-0.2, 0) is 16.1 Å². The van der Waals surface area contributed by atoms with E-state index >= 15 is 0 Å². The zero-order valence-electron chi connectivity index (χ0n) is 19.8. The zero-order valence-corrected chi connectivity index (χ0v) is 20.6. The van der Waals surface area contributed by atoms with Gasteiger partial charge in [-0.15, -0.1) is 0 Å². The lowest BCUT2D eigenvalue weighted by molar-refractivity contribution is -0.141. The summed E-state index contributed by atoms with van der Waals surface area (Å²) in [5.74, 6) is -0.185. The minimum absolute atomic E-state index is 0.0168. The zero-order chi connectivity index (χ0) is 24.8. The van der Waals surface area contributed by atoms with Gasteiger partial charge in [-0.1, -0.05) is 29.8 Å². The molecule has 1 aliphatic rings. The Hall–Kier alpha value is -3.26. The van der Waals surface area contributed by atoms with E-state index in [9.17, 15) is 14.4 Å². The number of halogens is 1. The van der Waals surface area contributed by atoms with Crippen molar-refractivity contribution in [3.05, 3.63) is 58.6 Å². The van der Waals surface area contributed by atoms with Crippen LogP contribution < -0.4 is 15.0 Å². The number of carbonyl (C=O) groups excluding carboxylic acids is 3. The molecule has 0 saturated heterocycles. The third-order valence-electron chi connectivity index (χ3n) is 5.34. The highest BCUT2D eigenvalue weighted by Gasteiger charge is 2.32. The van der Waals surface area contributed by atoms with E-state index in [1.165, 1.54) is 0 Å². The number of esters is 1. The molecule has 0 aliphatic carbocycles. The van der Waals surface area contributed by atoms with Crippen LogP contribution in [0.25, 0.3) is 0 Å². The fourth-order valence-electron chi connectivity index (χ4n) is 3.79. The van der Waals surface area contributed by atoms with Gasteiger partial charge < -0.3 is 24.6 Å². The molecule has 3 rings (SSSR count). The second-order valence-corrected chi connectivity index (χ2v) is 8.70. The van der Waals surface area contributed by atoms with Gasteiger partial charge in [-0.05, 0) is 57.5 Å². The lowest BCUT2D eigenvalue weighted by Crippen LogP contribution is -2.49. The van der Waals surface area contributed by atoms with Crippen LogP contribution >= 0.6 is 11.6 Å². The molecule has 3 amide bonds. The fourth-order valence-corrected chi connectivity index (χ4v) is 4.05. The molecule has 2 aromatic carbocycles. The number of nitrogens with zero attached hydrogens (tertiary/aromatic N) is 2. The SMILES string of the molecule is CCOC(=O)CNC(=O)N1Cc2ccccc2N(C(=O)c2ccc(OC(C)C)cc2Cl)C[C@H]1C. The number of urea groups is 1. The maximum atomic E-state index is 13.6. The first-order valence-corrected chi connectivity index (χ1v) is 11.6. The first kappa shape index (κ1) is 25.4. The van der Waals surface area contributed by atoms with Crippen molar-refractivity contribution in [2.75, 3.05) is 24.6 Å². The second kappa shape index (κ2) is 11.2. The highest BCUT2D eigenvalue weighted by molar-refractivity contribution is 6.34. The lowest BCUT2D eigenvalue weighted by Gasteiger charge is -2.29. The minimum atomic E-state index is -0.505. The van der Waals surface area contributed by atoms with Crippen molar-refractivity contribution in [3.8, 4) is 5.75 Å². The van der Waals surface area contributed by atoms with Gasteiger partial charge in [0.2, 0.25) is 0 Å². The summed E-state index contributed by atoms with van der Waals surface area (Å²) in [4.78, 5) is 41.4. The molecule has 9 heteroatoms. The highest BCUT2D eigenvalue weighted by atomic mass is 35.5. The van der Waals surface area contributed by atoms with Crippen LogP contribution in [0.2, 0.25) is 5.02 Å². The number of amides is 3. The molecule has 0 bridgehead atoms. The maximum Gasteiger partial charge on any atom is 0.325 e. The Labute approximate surface area is 204 Å². The van der Waals surface area contributed by atoms with E-state index in [-0.39, 0.29) is 44.3 Å². The number of fused-ring (bicyclic) bond motifs is 1. The van der Waals surface area contributed by atoms with Gasteiger partial charge in [0.15, 0.2) is 0 Å². The Morgan fingerprint density at radius 3 is 2.59 bits per heavy atom. The van der Waals surface area contributed by atoms with Crippen molar-refractivity contribution in [3.63, 3.8) is 0 Å². The number of rotatable bonds is 6. The van der Waals surface area contributed by atoms with E-state index < -0.39 is 12.0 Å². The number of hydrogen-bond donors (Lipinski definition) is 1. The Morgan fingerprint density at radius 1 is 1.18 bits per heavy atom. The van der Waals surface area contributed by atoms with Crippen molar-refractivity contribution in [2.24, 2.45) is 0 Å². The van der Waals surface area contributed by atoms with Gasteiger partial charge >= 0.3 is 12.0 Å². The van der Waals surface area contributed by atoms with Crippen molar-refractivity contribution < 1.29 is 23.9 Å². The van der Waals surface area contributed by atoms with Crippen molar-refractivity contribution >= 4 is 35.2 Å². The van der Waals surface area contributed by atoms with Crippen LogP contribution in [0.15, 0.2) is 42.5 Å². The van der Waals surface area contributed by atoms with Crippen LogP contribution in [0.5, 0.6) is 5.75 Å². The molecular weight excluding hydrogens is 458 g/mol. The summed E-state index contributed by atoms with van der Waals surface area (Å²) < 4.78 is 10.5. The Kier molecular flexibility index (Phi) is 8.39. The topological polar surface area (TPSA) is 88.2 Å². The van der Waals surface area contributed by atoms with Gasteiger partial charge in [0.25, 0.3) is 5.91 Å². The largest absolute Gasteiger partial charge is 0.491 e. The van der Waals surface area contributed by atoms with E-state index in [1.54, 1.807) is 34.9 Å². The molecule has 0 fully saturated rings. The van der Waals surface area contributed by atoms with Gasteiger partial charge in [-0.3, -0.25) is 9.59 Å². The summed E-state index contributed by atoms with van der Waals surface area (Å²) in [5, 5.41) is 2.90. The molecule has 1 N–H and O–H groups in total. The fraction of sp³-hybridized carbons (Fsp3) is 0.400. The van der Waals surface area contributed by atoms with Crippen LogP contribution in [0, 0.1) is 0 Å². The van der Waals surface area contributed by atoms with Gasteiger partial charge in [0.05, 0.1) is 23.3 Å². The molecule has 0 saturated carbocycles. The van der Waals surface area contributed by atoms with Crippen molar-refractivity contribution in [2.45, 2.75) is 46.4 Å². The van der Waals surface area contributed by atoms with Crippen LogP contribution in [-0.4, -0.2) is 54.6 Å². The van der Waals surface area contributed by atoms with Gasteiger partial charge in [-0.25, -0.2) is 4.79 Å². The Morgan fingerprint density at radius 2 is 1.91 bits per heavy atom. The Bertz CT molecular complexity index is 1060. The third-order valence-corrected chi connectivity index (χ3v) is 5.65. The Balaban J connectivity index is 1.86. The van der Waals surface area contributed by atoms with Crippen molar-refractivity contribution in [1.29, 1.82) is 0 Å². The predicted molar refractivity (Wildman–Crippen MR) is 130 cm³/mol.